The van der Waals surface area contributed by atoms with Crippen molar-refractivity contribution in [2.45, 2.75) is 4.90 Å². The number of hydrogen-bond acceptors (Lipinski definition) is 6. The number of allylic oxidation sites excluding steroid dienone is 1. The maximum atomic E-state index is 12.8. The zero-order valence-electron chi connectivity index (χ0n) is 15.4. The second kappa shape index (κ2) is 8.55. The lowest BCUT2D eigenvalue weighted by Crippen LogP contribution is -2.44. The Hall–Kier alpha value is -2.69. The molecule has 0 N–H and O–H groups in total. The molecule has 1 fully saturated rings. The van der Waals surface area contributed by atoms with E-state index in [1.807, 2.05) is 35.2 Å². The van der Waals surface area contributed by atoms with Crippen molar-refractivity contribution >= 4 is 27.1 Å². The number of rotatable bonds is 5. The van der Waals surface area contributed by atoms with Crippen LogP contribution in [0.15, 0.2) is 64.5 Å². The highest BCUT2D eigenvalue weighted by atomic mass is 35.5. The fourth-order valence-corrected chi connectivity index (χ4v) is 4.33. The van der Waals surface area contributed by atoms with Crippen molar-refractivity contribution in [1.82, 2.24) is 4.90 Å². The van der Waals surface area contributed by atoms with Gasteiger partial charge in [-0.1, -0.05) is 17.7 Å². The van der Waals surface area contributed by atoms with Gasteiger partial charge in [0, 0.05) is 43.1 Å². The van der Waals surface area contributed by atoms with Crippen molar-refractivity contribution in [3.63, 3.8) is 0 Å². The van der Waals surface area contributed by atoms with Crippen molar-refractivity contribution < 1.29 is 13.2 Å². The standard InChI is InChI=1S/C20H20ClN3O3S/c1-27-18-5-7-19(8-6-18)28(25,26)20(14-22)15-23-9-11-24(12-10-23)17-4-2-3-16(21)13-17/h2-8,13,15H,9-12H2,1H3. The molecule has 1 saturated heterocycles. The summed E-state index contributed by atoms with van der Waals surface area (Å²) in [6.45, 7) is 2.63. The van der Waals surface area contributed by atoms with Gasteiger partial charge in [-0.05, 0) is 42.5 Å². The first-order chi connectivity index (χ1) is 13.4. The van der Waals surface area contributed by atoms with Crippen molar-refractivity contribution in [3.8, 4) is 11.8 Å². The van der Waals surface area contributed by atoms with E-state index in [-0.39, 0.29) is 9.80 Å². The summed E-state index contributed by atoms with van der Waals surface area (Å²) in [5.74, 6) is 0.554. The lowest BCUT2D eigenvalue weighted by molar-refractivity contribution is 0.348. The van der Waals surface area contributed by atoms with Crippen LogP contribution in [-0.2, 0) is 9.84 Å². The van der Waals surface area contributed by atoms with Gasteiger partial charge in [0.25, 0.3) is 0 Å². The summed E-state index contributed by atoms with van der Waals surface area (Å²) >= 11 is 6.05. The maximum absolute atomic E-state index is 12.8. The van der Waals surface area contributed by atoms with E-state index in [4.69, 9.17) is 16.3 Å². The Bertz CT molecular complexity index is 1010. The fourth-order valence-electron chi connectivity index (χ4n) is 2.99. The monoisotopic (exact) mass is 417 g/mol. The molecule has 0 atom stereocenters. The average Bonchev–Trinajstić information content (AvgIpc) is 2.72. The topological polar surface area (TPSA) is 73.6 Å². The Morgan fingerprint density at radius 3 is 2.39 bits per heavy atom. The van der Waals surface area contributed by atoms with E-state index in [9.17, 15) is 13.7 Å². The minimum absolute atomic E-state index is 0.0682. The minimum atomic E-state index is -3.88. The largest absolute Gasteiger partial charge is 0.497 e. The van der Waals surface area contributed by atoms with Crippen LogP contribution in [0.1, 0.15) is 0 Å². The van der Waals surface area contributed by atoms with Crippen LogP contribution >= 0.6 is 11.6 Å². The molecule has 6 nitrogen and oxygen atoms in total. The van der Waals surface area contributed by atoms with Crippen molar-refractivity contribution in [2.24, 2.45) is 0 Å². The SMILES string of the molecule is COc1ccc(S(=O)(=O)C(C#N)=CN2CCN(c3cccc(Cl)c3)CC2)cc1. The van der Waals surface area contributed by atoms with Gasteiger partial charge < -0.3 is 14.5 Å². The van der Waals surface area contributed by atoms with Crippen LogP contribution < -0.4 is 9.64 Å². The van der Waals surface area contributed by atoms with Crippen LogP contribution in [0.25, 0.3) is 0 Å². The maximum Gasteiger partial charge on any atom is 0.218 e. The van der Waals surface area contributed by atoms with Crippen LogP contribution in [0.2, 0.25) is 5.02 Å². The van der Waals surface area contributed by atoms with Crippen molar-refractivity contribution in [1.29, 1.82) is 5.26 Å². The molecular weight excluding hydrogens is 398 g/mol. The predicted molar refractivity (Wildman–Crippen MR) is 109 cm³/mol. The number of anilines is 1. The number of hydrogen-bond donors (Lipinski definition) is 0. The van der Waals surface area contributed by atoms with Gasteiger partial charge in [-0.15, -0.1) is 0 Å². The van der Waals surface area contributed by atoms with Crippen LogP contribution in [-0.4, -0.2) is 46.6 Å². The normalized spacial score (nSPS) is 15.2. The van der Waals surface area contributed by atoms with Crippen molar-refractivity contribution in [3.05, 3.63) is 64.7 Å². The summed E-state index contributed by atoms with van der Waals surface area (Å²) in [4.78, 5) is 3.84. The molecule has 0 radical (unpaired) electrons. The van der Waals surface area contributed by atoms with Gasteiger partial charge in [0.1, 0.15) is 11.8 Å². The van der Waals surface area contributed by atoms with Gasteiger partial charge in [0.2, 0.25) is 9.84 Å². The number of nitriles is 1. The highest BCUT2D eigenvalue weighted by Gasteiger charge is 2.23. The molecule has 0 aliphatic carbocycles. The number of sulfone groups is 1. The van der Waals surface area contributed by atoms with Gasteiger partial charge in [0.15, 0.2) is 4.91 Å². The zero-order chi connectivity index (χ0) is 20.1. The summed E-state index contributed by atoms with van der Waals surface area (Å²) in [6.07, 6.45) is 1.44. The van der Waals surface area contributed by atoms with E-state index in [2.05, 4.69) is 4.90 Å². The van der Waals surface area contributed by atoms with E-state index in [1.54, 1.807) is 12.1 Å². The Labute approximate surface area is 170 Å². The molecule has 0 unspecified atom stereocenters. The third kappa shape index (κ3) is 4.41. The van der Waals surface area contributed by atoms with Crippen molar-refractivity contribution in [2.75, 3.05) is 38.2 Å². The molecule has 3 rings (SSSR count). The van der Waals surface area contributed by atoms with E-state index >= 15 is 0 Å². The van der Waals surface area contributed by atoms with Gasteiger partial charge in [-0.2, -0.15) is 5.26 Å². The lowest BCUT2D eigenvalue weighted by atomic mass is 10.2. The van der Waals surface area contributed by atoms with Crippen LogP contribution in [0, 0.1) is 11.3 Å². The first-order valence-electron chi connectivity index (χ1n) is 8.69. The van der Waals surface area contributed by atoms with E-state index < -0.39 is 9.84 Å². The van der Waals surface area contributed by atoms with Gasteiger partial charge in [-0.3, -0.25) is 0 Å². The Balaban J connectivity index is 1.73. The lowest BCUT2D eigenvalue weighted by Gasteiger charge is -2.35. The number of nitrogens with zero attached hydrogens (tertiary/aromatic N) is 3. The van der Waals surface area contributed by atoms with E-state index in [1.165, 1.54) is 25.4 Å². The quantitative estimate of drug-likeness (QED) is 0.695. The molecule has 8 heteroatoms. The van der Waals surface area contributed by atoms with Crippen LogP contribution in [0.3, 0.4) is 0 Å². The summed E-state index contributed by atoms with van der Waals surface area (Å²) < 4.78 is 30.6. The van der Waals surface area contributed by atoms with Gasteiger partial charge in [-0.25, -0.2) is 8.42 Å². The minimum Gasteiger partial charge on any atom is -0.497 e. The average molecular weight is 418 g/mol. The summed E-state index contributed by atoms with van der Waals surface area (Å²) in [6, 6.07) is 15.5. The first-order valence-corrected chi connectivity index (χ1v) is 10.6. The molecule has 0 amide bonds. The molecule has 146 valence electrons. The number of methoxy groups -OCH3 is 1. The Morgan fingerprint density at radius 1 is 1.14 bits per heavy atom. The third-order valence-electron chi connectivity index (χ3n) is 4.56. The summed E-state index contributed by atoms with van der Waals surface area (Å²) in [5.41, 5.74) is 1.03. The first kappa shape index (κ1) is 20.1. The summed E-state index contributed by atoms with van der Waals surface area (Å²) in [7, 11) is -2.37. The third-order valence-corrected chi connectivity index (χ3v) is 6.46. The van der Waals surface area contributed by atoms with Gasteiger partial charge >= 0.3 is 0 Å². The molecule has 28 heavy (non-hydrogen) atoms. The molecular formula is C20H20ClN3O3S. The smallest absolute Gasteiger partial charge is 0.218 e. The zero-order valence-corrected chi connectivity index (χ0v) is 16.9. The molecule has 0 bridgehead atoms. The second-order valence-electron chi connectivity index (χ2n) is 6.29. The molecule has 2 aromatic carbocycles. The molecule has 0 spiro atoms. The Morgan fingerprint density at radius 2 is 1.82 bits per heavy atom. The fraction of sp³-hybridized carbons (Fsp3) is 0.250. The number of halogens is 1. The highest BCUT2D eigenvalue weighted by Crippen LogP contribution is 2.24. The van der Waals surface area contributed by atoms with Crippen LogP contribution in [0.4, 0.5) is 5.69 Å². The van der Waals surface area contributed by atoms with Gasteiger partial charge in [0.05, 0.1) is 12.0 Å². The second-order valence-corrected chi connectivity index (χ2v) is 8.64. The Kier molecular flexibility index (Phi) is 6.12. The molecule has 0 aromatic heterocycles. The molecule has 0 saturated carbocycles. The van der Waals surface area contributed by atoms with Crippen LogP contribution in [0.5, 0.6) is 5.75 Å². The molecule has 1 heterocycles. The molecule has 1 aliphatic heterocycles. The van der Waals surface area contributed by atoms with E-state index in [0.717, 1.165) is 5.69 Å². The number of benzene rings is 2. The molecule has 2 aromatic rings. The predicted octanol–water partition coefficient (Wildman–Crippen LogP) is 3.31. The van der Waals surface area contributed by atoms with E-state index in [0.29, 0.717) is 37.0 Å². The molecule has 1 aliphatic rings. The number of piperazine rings is 1. The summed E-state index contributed by atoms with van der Waals surface area (Å²) in [5, 5.41) is 10.1. The number of ether oxygens (including phenoxy) is 1. The highest BCUT2D eigenvalue weighted by molar-refractivity contribution is 7.95.